The molecule has 2 fully saturated rings. The molecule has 0 bridgehead atoms. The van der Waals surface area contributed by atoms with Gasteiger partial charge in [0.2, 0.25) is 0 Å². The van der Waals surface area contributed by atoms with E-state index in [0.717, 1.165) is 64.2 Å². The van der Waals surface area contributed by atoms with Gasteiger partial charge in [-0.1, -0.05) is 90.4 Å². The van der Waals surface area contributed by atoms with Crippen LogP contribution in [0.1, 0.15) is 169 Å². The maximum absolute atomic E-state index is 11.8. The molecule has 3 heterocycles. The molecule has 3 rings (SSSR count). The van der Waals surface area contributed by atoms with Gasteiger partial charge in [0.1, 0.15) is 6.10 Å². The molecule has 3 aliphatic heterocycles. The Labute approximate surface area is 280 Å². The zero-order valence-electron chi connectivity index (χ0n) is 29.6. The Morgan fingerprint density at radius 1 is 0.761 bits per heavy atom. The fraction of sp³-hybridized carbons (Fsp3) is 0.921. The van der Waals surface area contributed by atoms with Gasteiger partial charge in [-0.3, -0.25) is 0 Å². The molecule has 3 aliphatic rings. The van der Waals surface area contributed by atoms with E-state index >= 15 is 0 Å². The van der Waals surface area contributed by atoms with E-state index in [1.165, 1.54) is 57.8 Å². The number of aliphatic hydroxyl groups is 3. The average molecular weight is 653 g/mol. The van der Waals surface area contributed by atoms with E-state index in [-0.39, 0.29) is 36.5 Å². The van der Waals surface area contributed by atoms with Gasteiger partial charge in [-0.15, -0.1) is 0 Å². The Balaban J connectivity index is 1.25. The van der Waals surface area contributed by atoms with Gasteiger partial charge in [-0.05, 0) is 71.8 Å². The van der Waals surface area contributed by atoms with Gasteiger partial charge in [-0.2, -0.15) is 0 Å². The van der Waals surface area contributed by atoms with Gasteiger partial charge in [0.05, 0.1) is 42.7 Å². The van der Waals surface area contributed by atoms with Gasteiger partial charge in [0, 0.05) is 18.4 Å². The first-order chi connectivity index (χ1) is 22.1. The summed E-state index contributed by atoms with van der Waals surface area (Å²) in [5.41, 5.74) is 0.588. The molecular formula is C38H68O8. The lowest BCUT2D eigenvalue weighted by Crippen LogP contribution is -2.45. The minimum Gasteiger partial charge on any atom is -0.455 e. The Kier molecular flexibility index (Phi) is 18.1. The van der Waals surface area contributed by atoms with Crippen molar-refractivity contribution in [1.29, 1.82) is 0 Å². The van der Waals surface area contributed by atoms with Crippen LogP contribution in [0.4, 0.5) is 0 Å². The number of cyclic esters (lactones) is 1. The summed E-state index contributed by atoms with van der Waals surface area (Å²) in [7, 11) is 0. The number of esters is 1. The zero-order valence-corrected chi connectivity index (χ0v) is 29.6. The van der Waals surface area contributed by atoms with E-state index in [0.29, 0.717) is 24.8 Å². The normalized spacial score (nSPS) is 28.2. The molecule has 2 saturated heterocycles. The first kappa shape index (κ1) is 39.4. The third-order valence-corrected chi connectivity index (χ3v) is 10.0. The second kappa shape index (κ2) is 21.1. The fourth-order valence-corrected chi connectivity index (χ4v) is 7.46. The van der Waals surface area contributed by atoms with Crippen LogP contribution in [0, 0.1) is 0 Å². The molecule has 8 nitrogen and oxygen atoms in total. The highest BCUT2D eigenvalue weighted by Gasteiger charge is 2.37. The second-order valence-electron chi connectivity index (χ2n) is 14.9. The van der Waals surface area contributed by atoms with Crippen LogP contribution < -0.4 is 0 Å². The van der Waals surface area contributed by atoms with Crippen LogP contribution in [0.3, 0.4) is 0 Å². The molecule has 0 aromatic carbocycles. The Bertz CT molecular complexity index is 875. The highest BCUT2D eigenvalue weighted by Crippen LogP contribution is 2.33. The van der Waals surface area contributed by atoms with Gasteiger partial charge in [0.25, 0.3) is 0 Å². The summed E-state index contributed by atoms with van der Waals surface area (Å²) in [5, 5.41) is 32.0. The van der Waals surface area contributed by atoms with E-state index in [2.05, 4.69) is 6.92 Å². The first-order valence-electron chi connectivity index (χ1n) is 19.0. The minimum atomic E-state index is -0.664. The third kappa shape index (κ3) is 15.0. The standard InChI is InChI=1S/C38H68O8/c1-5-6-7-8-9-10-11-12-13-17-20-33(40)35-23-24-36(44-35)34(41)22-21-32-27-31(45-38(3,4)46-32)19-16-14-15-18-30(39)26-29-25-28(2)43-37(29)42/h25,28,30-36,39-41H,5-24,26-27H2,1-4H3/t28-,30+,31+,32-,33+,34+,35+,36+/m0/s1. The highest BCUT2D eigenvalue weighted by molar-refractivity contribution is 5.90. The maximum atomic E-state index is 11.8. The molecule has 3 N–H and O–H groups in total. The van der Waals surface area contributed by atoms with Crippen LogP contribution in [0.15, 0.2) is 11.6 Å². The van der Waals surface area contributed by atoms with Crippen molar-refractivity contribution in [1.82, 2.24) is 0 Å². The van der Waals surface area contributed by atoms with Crippen molar-refractivity contribution in [2.24, 2.45) is 0 Å². The van der Waals surface area contributed by atoms with Crippen molar-refractivity contribution >= 4 is 5.97 Å². The average Bonchev–Trinajstić information content (AvgIpc) is 3.62. The van der Waals surface area contributed by atoms with E-state index in [1.807, 2.05) is 20.8 Å². The Hall–Kier alpha value is -1.03. The van der Waals surface area contributed by atoms with Gasteiger partial charge in [0.15, 0.2) is 5.79 Å². The summed E-state index contributed by atoms with van der Waals surface area (Å²) in [6, 6.07) is 0. The van der Waals surface area contributed by atoms with Crippen LogP contribution in [-0.2, 0) is 23.7 Å². The maximum Gasteiger partial charge on any atom is 0.334 e. The molecule has 0 radical (unpaired) electrons. The smallest absolute Gasteiger partial charge is 0.334 e. The fourth-order valence-electron chi connectivity index (χ4n) is 7.46. The second-order valence-corrected chi connectivity index (χ2v) is 14.9. The topological polar surface area (TPSA) is 115 Å². The molecular weight excluding hydrogens is 584 g/mol. The summed E-state index contributed by atoms with van der Waals surface area (Å²) >= 11 is 0. The summed E-state index contributed by atoms with van der Waals surface area (Å²) in [6.07, 6.45) is 22.1. The molecule has 8 heteroatoms. The van der Waals surface area contributed by atoms with Crippen LogP contribution in [0.2, 0.25) is 0 Å². The molecule has 8 atom stereocenters. The molecule has 0 unspecified atom stereocenters. The number of carbonyl (C=O) groups is 1. The van der Waals surface area contributed by atoms with Crippen molar-refractivity contribution in [3.8, 4) is 0 Å². The number of hydrogen-bond donors (Lipinski definition) is 3. The largest absolute Gasteiger partial charge is 0.455 e. The summed E-state index contributed by atoms with van der Waals surface area (Å²) in [5.74, 6) is -0.968. The first-order valence-corrected chi connectivity index (χ1v) is 19.0. The van der Waals surface area contributed by atoms with E-state index in [1.54, 1.807) is 6.08 Å². The number of carbonyl (C=O) groups excluding carboxylic acids is 1. The molecule has 0 spiro atoms. The molecule has 46 heavy (non-hydrogen) atoms. The van der Waals surface area contributed by atoms with Crippen molar-refractivity contribution in [3.05, 3.63) is 11.6 Å². The van der Waals surface area contributed by atoms with Crippen molar-refractivity contribution in [2.75, 3.05) is 0 Å². The van der Waals surface area contributed by atoms with Crippen molar-refractivity contribution in [2.45, 2.75) is 224 Å². The number of hydrogen-bond acceptors (Lipinski definition) is 8. The molecule has 0 saturated carbocycles. The summed E-state index contributed by atoms with van der Waals surface area (Å²) in [4.78, 5) is 11.8. The third-order valence-electron chi connectivity index (χ3n) is 10.0. The number of ether oxygens (including phenoxy) is 4. The molecule has 0 aliphatic carbocycles. The molecule has 0 aromatic heterocycles. The monoisotopic (exact) mass is 652 g/mol. The zero-order chi connectivity index (χ0) is 33.4. The van der Waals surface area contributed by atoms with E-state index < -0.39 is 24.1 Å². The van der Waals surface area contributed by atoms with Gasteiger partial charge in [-0.25, -0.2) is 4.79 Å². The lowest BCUT2D eigenvalue weighted by molar-refractivity contribution is -0.302. The van der Waals surface area contributed by atoms with Gasteiger partial charge >= 0.3 is 5.97 Å². The number of unbranched alkanes of at least 4 members (excludes halogenated alkanes) is 11. The predicted octanol–water partition coefficient (Wildman–Crippen LogP) is 7.83. The number of rotatable bonds is 24. The summed E-state index contributed by atoms with van der Waals surface area (Å²) in [6.45, 7) is 8.01. The van der Waals surface area contributed by atoms with Crippen LogP contribution in [0.5, 0.6) is 0 Å². The van der Waals surface area contributed by atoms with Crippen LogP contribution in [0.25, 0.3) is 0 Å². The van der Waals surface area contributed by atoms with Crippen molar-refractivity contribution in [3.63, 3.8) is 0 Å². The van der Waals surface area contributed by atoms with Crippen LogP contribution >= 0.6 is 0 Å². The predicted molar refractivity (Wildman–Crippen MR) is 181 cm³/mol. The minimum absolute atomic E-state index is 0.0196. The van der Waals surface area contributed by atoms with Crippen LogP contribution in [-0.4, -0.2) is 75.9 Å². The van der Waals surface area contributed by atoms with Crippen molar-refractivity contribution < 1.29 is 39.1 Å². The molecule has 268 valence electrons. The Morgan fingerprint density at radius 2 is 1.30 bits per heavy atom. The Morgan fingerprint density at radius 3 is 1.91 bits per heavy atom. The van der Waals surface area contributed by atoms with E-state index in [4.69, 9.17) is 18.9 Å². The quantitative estimate of drug-likeness (QED) is 0.0714. The number of aliphatic hydroxyl groups excluding tert-OH is 3. The molecule has 0 aromatic rings. The van der Waals surface area contributed by atoms with Gasteiger partial charge < -0.3 is 34.3 Å². The lowest BCUT2D eigenvalue weighted by Gasteiger charge is -2.41. The molecule has 0 amide bonds. The SMILES string of the molecule is CCCCCCCCCCCC[C@@H](O)[C@H]1CC[C@H]([C@H](O)CC[C@H]2C[C@@H](CCCCC[C@@H](O)CC3=C[C@H](C)OC3=O)OC(C)(C)O2)O1. The lowest BCUT2D eigenvalue weighted by atomic mass is 9.96. The summed E-state index contributed by atoms with van der Waals surface area (Å²) < 4.78 is 23.7. The highest BCUT2D eigenvalue weighted by atomic mass is 16.7. The van der Waals surface area contributed by atoms with E-state index in [9.17, 15) is 20.1 Å².